The number of anilines is 1. The first-order chi connectivity index (χ1) is 10.2. The average Bonchev–Trinajstić information content (AvgIpc) is 2.83. The van der Waals surface area contributed by atoms with Crippen LogP contribution in [0.2, 0.25) is 0 Å². The molecule has 1 N–H and O–H groups in total. The molecule has 2 heterocycles. The van der Waals surface area contributed by atoms with Gasteiger partial charge in [-0.05, 0) is 46.7 Å². The van der Waals surface area contributed by atoms with Crippen molar-refractivity contribution in [2.75, 3.05) is 11.9 Å². The molecule has 0 saturated heterocycles. The first-order valence-corrected chi connectivity index (χ1v) is 8.52. The molecule has 0 spiro atoms. The molecule has 1 atom stereocenters. The molecule has 0 bridgehead atoms. The lowest BCUT2D eigenvalue weighted by molar-refractivity contribution is 0.475. The van der Waals surface area contributed by atoms with E-state index < -0.39 is 0 Å². The minimum atomic E-state index is 0.339. The van der Waals surface area contributed by atoms with Crippen LogP contribution in [-0.2, 0) is 6.42 Å². The van der Waals surface area contributed by atoms with Crippen LogP contribution in [0.5, 0.6) is 0 Å². The monoisotopic (exact) mass is 347 g/mol. The second-order valence-electron chi connectivity index (χ2n) is 6.13. The summed E-state index contributed by atoms with van der Waals surface area (Å²) < 4.78 is 3.31. The number of aryl methyl sites for hydroxylation is 1. The maximum absolute atomic E-state index is 4.89. The summed E-state index contributed by atoms with van der Waals surface area (Å²) in [5.41, 5.74) is 2.51. The summed E-state index contributed by atoms with van der Waals surface area (Å²) in [6, 6.07) is 11.0. The number of benzene rings is 1. The van der Waals surface area contributed by atoms with Gasteiger partial charge in [0, 0.05) is 6.54 Å². The Morgan fingerprint density at radius 2 is 2.10 bits per heavy atom. The Balaban J connectivity index is 1.93. The van der Waals surface area contributed by atoms with Crippen LogP contribution in [0.3, 0.4) is 0 Å². The predicted molar refractivity (Wildman–Crippen MR) is 90.8 cm³/mol. The van der Waals surface area contributed by atoms with Crippen LogP contribution in [0.4, 0.5) is 5.82 Å². The molecule has 0 amide bonds. The van der Waals surface area contributed by atoms with E-state index in [1.165, 1.54) is 17.7 Å². The van der Waals surface area contributed by atoms with Gasteiger partial charge in [0.25, 0.3) is 0 Å². The van der Waals surface area contributed by atoms with Crippen LogP contribution in [0.15, 0.2) is 34.8 Å². The predicted octanol–water partition coefficient (Wildman–Crippen LogP) is 4.64. The summed E-state index contributed by atoms with van der Waals surface area (Å²) in [4.78, 5) is 0. The number of hydrogen-bond donors (Lipinski definition) is 1. The largest absolute Gasteiger partial charge is 0.369 e. The van der Waals surface area contributed by atoms with Crippen molar-refractivity contribution >= 4 is 21.7 Å². The van der Waals surface area contributed by atoms with Crippen molar-refractivity contribution in [3.05, 3.63) is 46.1 Å². The highest BCUT2D eigenvalue weighted by atomic mass is 79.9. The van der Waals surface area contributed by atoms with E-state index in [9.17, 15) is 0 Å². The van der Waals surface area contributed by atoms with Crippen molar-refractivity contribution in [3.8, 4) is 0 Å². The van der Waals surface area contributed by atoms with Crippen LogP contribution < -0.4 is 5.32 Å². The number of rotatable bonds is 4. The molecule has 1 aliphatic heterocycles. The molecule has 1 aromatic carbocycles. The van der Waals surface area contributed by atoms with Gasteiger partial charge in [0.2, 0.25) is 0 Å². The quantitative estimate of drug-likeness (QED) is 0.872. The normalized spacial score (nSPS) is 17.6. The lowest BCUT2D eigenvalue weighted by Crippen LogP contribution is -2.24. The van der Waals surface area contributed by atoms with Gasteiger partial charge in [0.05, 0.1) is 16.2 Å². The molecule has 3 rings (SSSR count). The minimum Gasteiger partial charge on any atom is -0.369 e. The molecule has 3 nitrogen and oxygen atoms in total. The zero-order chi connectivity index (χ0) is 14.8. The Bertz CT molecular complexity index is 604. The smallest absolute Gasteiger partial charge is 0.139 e. The average molecular weight is 348 g/mol. The van der Waals surface area contributed by atoms with Crippen LogP contribution in [0.1, 0.15) is 44.0 Å². The summed E-state index contributed by atoms with van der Waals surface area (Å²) in [5, 5.41) is 8.38. The van der Waals surface area contributed by atoms with Crippen molar-refractivity contribution in [3.63, 3.8) is 0 Å². The van der Waals surface area contributed by atoms with Crippen molar-refractivity contribution in [2.24, 2.45) is 5.92 Å². The summed E-state index contributed by atoms with van der Waals surface area (Å²) in [7, 11) is 0. The highest BCUT2D eigenvalue weighted by Crippen LogP contribution is 2.36. The van der Waals surface area contributed by atoms with Crippen molar-refractivity contribution in [2.45, 2.75) is 39.2 Å². The molecular weight excluding hydrogens is 326 g/mol. The molecule has 4 heteroatoms. The zero-order valence-electron chi connectivity index (χ0n) is 12.6. The van der Waals surface area contributed by atoms with Gasteiger partial charge < -0.3 is 5.32 Å². The molecule has 112 valence electrons. The summed E-state index contributed by atoms with van der Waals surface area (Å²) in [6.45, 7) is 5.51. The first-order valence-electron chi connectivity index (χ1n) is 7.72. The second kappa shape index (κ2) is 6.22. The van der Waals surface area contributed by atoms with Crippen LogP contribution in [-0.4, -0.2) is 16.3 Å². The SMILES string of the molecule is CC(C)CCc1nn2c(c1Br)NCCC2c1ccccc1. The van der Waals surface area contributed by atoms with Gasteiger partial charge in [0.1, 0.15) is 5.82 Å². The number of halogens is 1. The molecule has 0 saturated carbocycles. The number of hydrogen-bond acceptors (Lipinski definition) is 2. The summed E-state index contributed by atoms with van der Waals surface area (Å²) in [5.74, 6) is 1.84. The van der Waals surface area contributed by atoms with Crippen LogP contribution >= 0.6 is 15.9 Å². The van der Waals surface area contributed by atoms with E-state index >= 15 is 0 Å². The molecule has 0 radical (unpaired) electrons. The first kappa shape index (κ1) is 14.6. The van der Waals surface area contributed by atoms with Gasteiger partial charge >= 0.3 is 0 Å². The van der Waals surface area contributed by atoms with Gasteiger partial charge in [-0.2, -0.15) is 5.10 Å². The molecule has 2 aromatic rings. The Labute approximate surface area is 134 Å². The van der Waals surface area contributed by atoms with Gasteiger partial charge in [-0.25, -0.2) is 4.68 Å². The Kier molecular flexibility index (Phi) is 4.34. The fraction of sp³-hybridized carbons (Fsp3) is 0.471. The second-order valence-corrected chi connectivity index (χ2v) is 6.92. The topological polar surface area (TPSA) is 29.9 Å². The van der Waals surface area contributed by atoms with Gasteiger partial charge in [-0.1, -0.05) is 44.2 Å². The molecule has 0 fully saturated rings. The molecular formula is C17H22BrN3. The number of fused-ring (bicyclic) bond motifs is 1. The maximum Gasteiger partial charge on any atom is 0.139 e. The van der Waals surface area contributed by atoms with E-state index in [4.69, 9.17) is 5.10 Å². The third kappa shape index (κ3) is 3.00. The summed E-state index contributed by atoms with van der Waals surface area (Å²) in [6.07, 6.45) is 3.28. The number of nitrogens with one attached hydrogen (secondary N) is 1. The third-order valence-electron chi connectivity index (χ3n) is 4.07. The zero-order valence-corrected chi connectivity index (χ0v) is 14.2. The fourth-order valence-electron chi connectivity index (χ4n) is 2.86. The molecule has 1 aromatic heterocycles. The third-order valence-corrected chi connectivity index (χ3v) is 4.90. The summed E-state index contributed by atoms with van der Waals surface area (Å²) >= 11 is 3.74. The Morgan fingerprint density at radius 1 is 1.33 bits per heavy atom. The minimum absolute atomic E-state index is 0.339. The fourth-order valence-corrected chi connectivity index (χ4v) is 3.46. The van der Waals surface area contributed by atoms with Gasteiger partial charge in [-0.15, -0.1) is 0 Å². The molecule has 1 aliphatic rings. The van der Waals surface area contributed by atoms with E-state index in [-0.39, 0.29) is 0 Å². The lowest BCUT2D eigenvalue weighted by Gasteiger charge is -2.26. The number of nitrogens with zero attached hydrogens (tertiary/aromatic N) is 2. The Hall–Kier alpha value is -1.29. The van der Waals surface area contributed by atoms with Crippen molar-refractivity contribution in [1.82, 2.24) is 9.78 Å². The van der Waals surface area contributed by atoms with E-state index in [1.54, 1.807) is 0 Å². The van der Waals surface area contributed by atoms with Crippen LogP contribution in [0.25, 0.3) is 0 Å². The highest BCUT2D eigenvalue weighted by Gasteiger charge is 2.26. The number of aromatic nitrogens is 2. The molecule has 21 heavy (non-hydrogen) atoms. The van der Waals surface area contributed by atoms with E-state index in [2.05, 4.69) is 70.1 Å². The van der Waals surface area contributed by atoms with Gasteiger partial charge in [0.15, 0.2) is 0 Å². The Morgan fingerprint density at radius 3 is 2.81 bits per heavy atom. The van der Waals surface area contributed by atoms with Crippen LogP contribution in [0, 0.1) is 5.92 Å². The lowest BCUT2D eigenvalue weighted by atomic mass is 10.0. The van der Waals surface area contributed by atoms with Crippen molar-refractivity contribution < 1.29 is 0 Å². The van der Waals surface area contributed by atoms with E-state index in [1.807, 2.05) is 0 Å². The van der Waals surface area contributed by atoms with E-state index in [0.717, 1.165) is 29.7 Å². The van der Waals surface area contributed by atoms with E-state index in [0.29, 0.717) is 12.0 Å². The van der Waals surface area contributed by atoms with Crippen molar-refractivity contribution in [1.29, 1.82) is 0 Å². The maximum atomic E-state index is 4.89. The highest BCUT2D eigenvalue weighted by molar-refractivity contribution is 9.10. The standard InChI is InChI=1S/C17H22BrN3/c1-12(2)8-9-14-16(18)17-19-11-10-15(21(17)20-14)13-6-4-3-5-7-13/h3-7,12,15,19H,8-11H2,1-2H3. The van der Waals surface area contributed by atoms with Gasteiger partial charge in [-0.3, -0.25) is 0 Å². The molecule has 1 unspecified atom stereocenters. The molecule has 0 aliphatic carbocycles.